The Morgan fingerprint density at radius 1 is 0.290 bits per heavy atom. The molecule has 0 rings (SSSR count). The zero-order valence-electron chi connectivity index (χ0n) is 22.6. The van der Waals surface area contributed by atoms with E-state index in [0.29, 0.717) is 0 Å². The number of hydrogen-bond acceptors (Lipinski definition) is 2. The van der Waals surface area contributed by atoms with Crippen LogP contribution in [0.1, 0.15) is 149 Å². The van der Waals surface area contributed by atoms with Crippen LogP contribution in [-0.2, 0) is 0 Å². The predicted octanol–water partition coefficient (Wildman–Crippen LogP) is 9.08. The molecule has 0 atom stereocenters. The smallest absolute Gasteiger partial charge is 0.000960 e. The van der Waals surface area contributed by atoms with Crippen molar-refractivity contribution in [3.63, 3.8) is 0 Å². The molecule has 0 saturated heterocycles. The molecular weight excluding hydrogens is 376 g/mol. The van der Waals surface area contributed by atoms with Crippen molar-refractivity contribution in [3.8, 4) is 0 Å². The summed E-state index contributed by atoms with van der Waals surface area (Å²) in [6, 6.07) is 0. The molecule has 0 aliphatic heterocycles. The number of unbranched alkanes of at least 4 members (excludes halogenated alkanes) is 18. The molecule has 0 aliphatic rings. The van der Waals surface area contributed by atoms with Gasteiger partial charge in [0, 0.05) is 0 Å². The number of nitrogens with zero attached hydrogens (tertiary/aromatic N) is 2. The normalized spacial score (nSPS) is 11.8. The lowest BCUT2D eigenvalue weighted by molar-refractivity contribution is 0.271. The van der Waals surface area contributed by atoms with Crippen LogP contribution in [0, 0.1) is 0 Å². The van der Waals surface area contributed by atoms with Gasteiger partial charge >= 0.3 is 0 Å². The van der Waals surface area contributed by atoms with Crippen LogP contribution >= 0.6 is 0 Å². The highest BCUT2D eigenvalue weighted by molar-refractivity contribution is 4.58. The highest BCUT2D eigenvalue weighted by Crippen LogP contribution is 2.12. The SMILES string of the molecule is CCCCCCCCCCCCN(C)CCCN(C)CCCCCCCCCCCC. The first-order valence-electron chi connectivity index (χ1n) is 14.6. The van der Waals surface area contributed by atoms with Gasteiger partial charge in [0.2, 0.25) is 0 Å². The second-order valence-electron chi connectivity index (χ2n) is 10.3. The van der Waals surface area contributed by atoms with Gasteiger partial charge in [0.05, 0.1) is 0 Å². The third-order valence-corrected chi connectivity index (χ3v) is 6.87. The zero-order chi connectivity index (χ0) is 22.8. The van der Waals surface area contributed by atoms with Crippen molar-refractivity contribution >= 4 is 0 Å². The molecule has 0 aromatic rings. The molecule has 0 unspecified atom stereocenters. The maximum Gasteiger partial charge on any atom is -0.000960 e. The highest BCUT2D eigenvalue weighted by atomic mass is 15.1. The molecule has 0 aromatic heterocycles. The Morgan fingerprint density at radius 2 is 0.516 bits per heavy atom. The van der Waals surface area contributed by atoms with Crippen molar-refractivity contribution in [2.24, 2.45) is 0 Å². The third kappa shape index (κ3) is 26.1. The predicted molar refractivity (Wildman–Crippen MR) is 143 cm³/mol. The Kier molecular flexibility index (Phi) is 26.1. The lowest BCUT2D eigenvalue weighted by atomic mass is 10.1. The van der Waals surface area contributed by atoms with E-state index in [0.717, 1.165) is 0 Å². The van der Waals surface area contributed by atoms with Crippen LogP contribution in [0.3, 0.4) is 0 Å². The van der Waals surface area contributed by atoms with Gasteiger partial charge in [0.25, 0.3) is 0 Å². The van der Waals surface area contributed by atoms with E-state index >= 15 is 0 Å². The fraction of sp³-hybridized carbons (Fsp3) is 1.00. The quantitative estimate of drug-likeness (QED) is 0.124. The minimum atomic E-state index is 1.26. The molecule has 0 spiro atoms. The zero-order valence-corrected chi connectivity index (χ0v) is 22.6. The van der Waals surface area contributed by atoms with Crippen molar-refractivity contribution in [3.05, 3.63) is 0 Å². The van der Waals surface area contributed by atoms with E-state index < -0.39 is 0 Å². The van der Waals surface area contributed by atoms with Gasteiger partial charge in [0.15, 0.2) is 0 Å². The third-order valence-electron chi connectivity index (χ3n) is 6.87. The molecule has 0 heterocycles. The monoisotopic (exact) mass is 438 g/mol. The standard InChI is InChI=1S/C29H62N2/c1-5-7-9-11-13-15-17-19-21-23-26-30(3)28-25-29-31(4)27-24-22-20-18-16-14-12-10-8-6-2/h5-29H2,1-4H3. The molecule has 31 heavy (non-hydrogen) atoms. The molecule has 0 radical (unpaired) electrons. The average molecular weight is 439 g/mol. The molecule has 0 aromatic carbocycles. The Balaban J connectivity index is 3.28. The lowest BCUT2D eigenvalue weighted by Gasteiger charge is -2.20. The minimum Gasteiger partial charge on any atom is -0.306 e. The first-order valence-corrected chi connectivity index (χ1v) is 14.6. The van der Waals surface area contributed by atoms with Gasteiger partial charge < -0.3 is 9.80 Å². The van der Waals surface area contributed by atoms with Gasteiger partial charge in [-0.2, -0.15) is 0 Å². The first-order chi connectivity index (χ1) is 15.2. The average Bonchev–Trinajstić information content (AvgIpc) is 2.76. The van der Waals surface area contributed by atoms with Crippen molar-refractivity contribution in [1.29, 1.82) is 0 Å². The number of rotatable bonds is 26. The van der Waals surface area contributed by atoms with Crippen molar-refractivity contribution in [1.82, 2.24) is 9.80 Å². The largest absolute Gasteiger partial charge is 0.306 e. The fourth-order valence-electron chi connectivity index (χ4n) is 4.57. The van der Waals surface area contributed by atoms with E-state index in [-0.39, 0.29) is 0 Å². The lowest BCUT2D eigenvalue weighted by Crippen LogP contribution is -2.27. The van der Waals surface area contributed by atoms with Crippen molar-refractivity contribution in [2.75, 3.05) is 40.3 Å². The molecule has 0 aliphatic carbocycles. The molecule has 0 fully saturated rings. The summed E-state index contributed by atoms with van der Waals surface area (Å²) in [6.07, 6.45) is 30.1. The minimum absolute atomic E-state index is 1.26. The molecule has 0 bridgehead atoms. The molecule has 0 amide bonds. The van der Waals surface area contributed by atoms with Crippen LogP contribution in [0.15, 0.2) is 0 Å². The van der Waals surface area contributed by atoms with E-state index in [4.69, 9.17) is 0 Å². The molecule has 2 heteroatoms. The summed E-state index contributed by atoms with van der Waals surface area (Å²) in [6.45, 7) is 9.71. The van der Waals surface area contributed by atoms with Crippen LogP contribution < -0.4 is 0 Å². The highest BCUT2D eigenvalue weighted by Gasteiger charge is 2.02. The Morgan fingerprint density at radius 3 is 0.806 bits per heavy atom. The molecule has 188 valence electrons. The summed E-state index contributed by atoms with van der Waals surface area (Å²) in [5, 5.41) is 0. The van der Waals surface area contributed by atoms with Gasteiger partial charge in [0.1, 0.15) is 0 Å². The summed E-state index contributed by atoms with van der Waals surface area (Å²) >= 11 is 0. The topological polar surface area (TPSA) is 6.48 Å². The fourth-order valence-corrected chi connectivity index (χ4v) is 4.57. The van der Waals surface area contributed by atoms with E-state index in [1.54, 1.807) is 0 Å². The first kappa shape index (κ1) is 30.9. The summed E-state index contributed by atoms with van der Waals surface area (Å²) in [7, 11) is 4.63. The summed E-state index contributed by atoms with van der Waals surface area (Å²) in [5.41, 5.74) is 0. The van der Waals surface area contributed by atoms with E-state index in [1.165, 1.54) is 161 Å². The summed E-state index contributed by atoms with van der Waals surface area (Å²) in [5.74, 6) is 0. The maximum absolute atomic E-state index is 2.55. The van der Waals surface area contributed by atoms with Crippen LogP contribution in [0.5, 0.6) is 0 Å². The molecule has 2 nitrogen and oxygen atoms in total. The van der Waals surface area contributed by atoms with Crippen LogP contribution in [0.25, 0.3) is 0 Å². The second kappa shape index (κ2) is 26.2. The maximum atomic E-state index is 2.55. The van der Waals surface area contributed by atoms with E-state index in [2.05, 4.69) is 37.7 Å². The Bertz CT molecular complexity index is 288. The molecule has 0 N–H and O–H groups in total. The van der Waals surface area contributed by atoms with Gasteiger partial charge in [-0.1, -0.05) is 129 Å². The Labute approximate surface area is 198 Å². The number of hydrogen-bond donors (Lipinski definition) is 0. The van der Waals surface area contributed by atoms with Crippen molar-refractivity contribution < 1.29 is 0 Å². The van der Waals surface area contributed by atoms with Crippen molar-refractivity contribution in [2.45, 2.75) is 149 Å². The second-order valence-corrected chi connectivity index (χ2v) is 10.3. The van der Waals surface area contributed by atoms with Gasteiger partial charge in [-0.3, -0.25) is 0 Å². The van der Waals surface area contributed by atoms with Crippen LogP contribution in [0.2, 0.25) is 0 Å². The molecular formula is C29H62N2. The van der Waals surface area contributed by atoms with Crippen LogP contribution in [0.4, 0.5) is 0 Å². The summed E-state index contributed by atoms with van der Waals surface area (Å²) < 4.78 is 0. The summed E-state index contributed by atoms with van der Waals surface area (Å²) in [4.78, 5) is 5.11. The molecule has 0 saturated carbocycles. The van der Waals surface area contributed by atoms with Crippen LogP contribution in [-0.4, -0.2) is 50.1 Å². The van der Waals surface area contributed by atoms with Gasteiger partial charge in [-0.05, 0) is 59.5 Å². The van der Waals surface area contributed by atoms with Gasteiger partial charge in [-0.25, -0.2) is 0 Å². The van der Waals surface area contributed by atoms with E-state index in [9.17, 15) is 0 Å². The van der Waals surface area contributed by atoms with E-state index in [1.807, 2.05) is 0 Å². The Hall–Kier alpha value is -0.0800. The van der Waals surface area contributed by atoms with Gasteiger partial charge in [-0.15, -0.1) is 0 Å².